The van der Waals surface area contributed by atoms with Gasteiger partial charge in [0, 0.05) is 54.2 Å². The number of amides is 1. The molecule has 1 N–H and O–H groups in total. The summed E-state index contributed by atoms with van der Waals surface area (Å²) in [5.41, 5.74) is 2.52. The Hall–Kier alpha value is -3.68. The monoisotopic (exact) mass is 450 g/mol. The van der Waals surface area contributed by atoms with Gasteiger partial charge in [-0.3, -0.25) is 9.78 Å². The number of nitrogens with one attached hydrogen (secondary N) is 1. The van der Waals surface area contributed by atoms with E-state index in [2.05, 4.69) is 15.0 Å². The fraction of sp³-hybridized carbons (Fsp3) is 0.240. The van der Waals surface area contributed by atoms with Crippen molar-refractivity contribution in [3.63, 3.8) is 0 Å². The number of aromatic nitrogens is 3. The highest BCUT2D eigenvalue weighted by atomic mass is 19.2. The van der Waals surface area contributed by atoms with Gasteiger partial charge >= 0.3 is 0 Å². The van der Waals surface area contributed by atoms with Gasteiger partial charge in [0.15, 0.2) is 17.3 Å². The van der Waals surface area contributed by atoms with Crippen molar-refractivity contribution in [3.05, 3.63) is 83.7 Å². The molecule has 1 aliphatic carbocycles. The fourth-order valence-electron chi connectivity index (χ4n) is 3.99. The summed E-state index contributed by atoms with van der Waals surface area (Å²) in [6, 6.07) is 8.09. The second kappa shape index (κ2) is 8.69. The van der Waals surface area contributed by atoms with Gasteiger partial charge in [0.05, 0.1) is 0 Å². The molecule has 2 aromatic heterocycles. The highest BCUT2D eigenvalue weighted by Gasteiger charge is 2.29. The molecule has 5 nitrogen and oxygen atoms in total. The normalized spacial score (nSPS) is 13.4. The lowest BCUT2D eigenvalue weighted by Crippen LogP contribution is -2.35. The number of fused-ring (bicyclic) bond motifs is 1. The zero-order valence-electron chi connectivity index (χ0n) is 17.7. The number of carbonyl (C=O) groups is 1. The molecule has 33 heavy (non-hydrogen) atoms. The molecule has 0 saturated heterocycles. The molecular weight excluding hydrogens is 429 g/mol. The van der Waals surface area contributed by atoms with Crippen molar-refractivity contribution in [2.24, 2.45) is 5.92 Å². The van der Waals surface area contributed by atoms with Crippen molar-refractivity contribution < 1.29 is 18.0 Å². The molecule has 1 fully saturated rings. The molecule has 2 aromatic carbocycles. The third kappa shape index (κ3) is 4.46. The van der Waals surface area contributed by atoms with Gasteiger partial charge in [0.25, 0.3) is 5.91 Å². The van der Waals surface area contributed by atoms with Gasteiger partial charge in [-0.15, -0.1) is 0 Å². The van der Waals surface area contributed by atoms with Gasteiger partial charge in [0.1, 0.15) is 11.5 Å². The van der Waals surface area contributed by atoms with Gasteiger partial charge < -0.3 is 9.88 Å². The van der Waals surface area contributed by atoms with Gasteiger partial charge in [-0.2, -0.15) is 0 Å². The van der Waals surface area contributed by atoms with Crippen molar-refractivity contribution in [1.29, 1.82) is 0 Å². The van der Waals surface area contributed by atoms with E-state index in [1.54, 1.807) is 23.2 Å². The van der Waals surface area contributed by atoms with Gasteiger partial charge in [-0.05, 0) is 61.1 Å². The van der Waals surface area contributed by atoms with Gasteiger partial charge in [-0.1, -0.05) is 0 Å². The maximum absolute atomic E-state index is 13.8. The second-order valence-electron chi connectivity index (χ2n) is 8.33. The lowest BCUT2D eigenvalue weighted by molar-refractivity contribution is 0.0744. The van der Waals surface area contributed by atoms with Crippen LogP contribution in [0.2, 0.25) is 0 Å². The Morgan fingerprint density at radius 2 is 1.76 bits per heavy atom. The van der Waals surface area contributed by atoms with Crippen molar-refractivity contribution in [2.45, 2.75) is 19.3 Å². The van der Waals surface area contributed by atoms with Crippen LogP contribution in [0.3, 0.4) is 0 Å². The lowest BCUT2D eigenvalue weighted by Gasteiger charge is -2.23. The number of hydrogen-bond donors (Lipinski definition) is 1. The summed E-state index contributed by atoms with van der Waals surface area (Å²) < 4.78 is 40.7. The summed E-state index contributed by atoms with van der Waals surface area (Å²) in [5, 5.41) is 0.597. The van der Waals surface area contributed by atoms with Crippen LogP contribution in [0.1, 0.15) is 28.9 Å². The fourth-order valence-corrected chi connectivity index (χ4v) is 3.99. The Kier molecular flexibility index (Phi) is 5.58. The number of benzene rings is 2. The molecule has 4 aromatic rings. The molecule has 0 spiro atoms. The third-order valence-corrected chi connectivity index (χ3v) is 5.94. The average Bonchev–Trinajstić information content (AvgIpc) is 3.57. The highest BCUT2D eigenvalue weighted by molar-refractivity contribution is 5.98. The van der Waals surface area contributed by atoms with Crippen LogP contribution < -0.4 is 0 Å². The van der Waals surface area contributed by atoms with Gasteiger partial charge in [-0.25, -0.2) is 18.2 Å². The molecule has 2 heterocycles. The van der Waals surface area contributed by atoms with Crippen LogP contribution in [0.4, 0.5) is 13.2 Å². The largest absolute Gasteiger partial charge is 0.361 e. The van der Waals surface area contributed by atoms with Crippen LogP contribution in [0.25, 0.3) is 22.2 Å². The Balaban J connectivity index is 1.42. The highest BCUT2D eigenvalue weighted by Crippen LogP contribution is 2.31. The first-order chi connectivity index (χ1) is 16.0. The van der Waals surface area contributed by atoms with Crippen molar-refractivity contribution in [2.75, 3.05) is 13.1 Å². The summed E-state index contributed by atoms with van der Waals surface area (Å²) in [6.45, 7) is 0.977. The van der Waals surface area contributed by atoms with E-state index in [9.17, 15) is 18.0 Å². The Bertz CT molecular complexity index is 1320. The molecule has 0 atom stereocenters. The van der Waals surface area contributed by atoms with E-state index < -0.39 is 11.6 Å². The SMILES string of the molecule is O=C(c1nccnc1-c1ccc(F)cc1)N(CCc1c[nH]c2cc(F)c(F)cc12)CC1CC1. The lowest BCUT2D eigenvalue weighted by atomic mass is 10.1. The molecule has 1 amide bonds. The molecular formula is C25H21F3N4O. The Labute approximate surface area is 188 Å². The van der Waals surface area contributed by atoms with Crippen LogP contribution in [0.5, 0.6) is 0 Å². The average molecular weight is 450 g/mol. The number of H-pyrrole nitrogens is 1. The minimum Gasteiger partial charge on any atom is -0.361 e. The molecule has 168 valence electrons. The Morgan fingerprint density at radius 3 is 2.52 bits per heavy atom. The Morgan fingerprint density at radius 1 is 1.03 bits per heavy atom. The zero-order valence-corrected chi connectivity index (χ0v) is 17.7. The topological polar surface area (TPSA) is 61.9 Å². The second-order valence-corrected chi connectivity index (χ2v) is 8.33. The van der Waals surface area contributed by atoms with Crippen molar-refractivity contribution >= 4 is 16.8 Å². The minimum atomic E-state index is -0.905. The summed E-state index contributed by atoms with van der Waals surface area (Å²) >= 11 is 0. The summed E-state index contributed by atoms with van der Waals surface area (Å²) in [7, 11) is 0. The number of carbonyl (C=O) groups excluding carboxylic acids is 1. The molecule has 0 radical (unpaired) electrons. The van der Waals surface area contributed by atoms with E-state index in [0.717, 1.165) is 24.5 Å². The van der Waals surface area contributed by atoms with E-state index >= 15 is 0 Å². The first-order valence-corrected chi connectivity index (χ1v) is 10.8. The van der Waals surface area contributed by atoms with Crippen molar-refractivity contribution in [1.82, 2.24) is 19.9 Å². The summed E-state index contributed by atoms with van der Waals surface area (Å²) in [4.78, 5) is 26.9. The number of nitrogens with zero attached hydrogens (tertiary/aromatic N) is 3. The predicted octanol–water partition coefficient (Wildman–Crippen LogP) is 5.14. The molecule has 0 bridgehead atoms. The van der Waals surface area contributed by atoms with E-state index in [1.807, 2.05) is 0 Å². The van der Waals surface area contributed by atoms with E-state index in [4.69, 9.17) is 0 Å². The first kappa shape index (κ1) is 21.2. The van der Waals surface area contributed by atoms with Crippen molar-refractivity contribution in [3.8, 4) is 11.3 Å². The maximum Gasteiger partial charge on any atom is 0.274 e. The number of aromatic amines is 1. The van der Waals surface area contributed by atoms with E-state index in [0.29, 0.717) is 47.6 Å². The number of rotatable bonds is 7. The van der Waals surface area contributed by atoms with Crippen LogP contribution in [-0.4, -0.2) is 38.8 Å². The quantitative estimate of drug-likeness (QED) is 0.424. The molecule has 1 aliphatic rings. The smallest absolute Gasteiger partial charge is 0.274 e. The summed E-state index contributed by atoms with van der Waals surface area (Å²) in [6.07, 6.45) is 7.28. The number of hydrogen-bond acceptors (Lipinski definition) is 3. The predicted molar refractivity (Wildman–Crippen MR) is 118 cm³/mol. The summed E-state index contributed by atoms with van der Waals surface area (Å²) in [5.74, 6) is -2.00. The van der Waals surface area contributed by atoms with Crippen LogP contribution in [0.15, 0.2) is 55.0 Å². The number of halogens is 3. The zero-order chi connectivity index (χ0) is 22.9. The molecule has 0 aliphatic heterocycles. The van der Waals surface area contributed by atoms with E-state index in [-0.39, 0.29) is 17.4 Å². The maximum atomic E-state index is 13.8. The molecule has 5 rings (SSSR count). The molecule has 8 heteroatoms. The van der Waals surface area contributed by atoms with Crippen LogP contribution in [-0.2, 0) is 6.42 Å². The molecule has 1 saturated carbocycles. The van der Waals surface area contributed by atoms with Gasteiger partial charge in [0.2, 0.25) is 0 Å². The first-order valence-electron chi connectivity index (χ1n) is 10.8. The standard InChI is InChI=1S/C25H21F3N4O/c26-18-5-3-16(4-6-18)23-24(30-9-8-29-23)25(33)32(14-15-1-2-15)10-7-17-13-31-22-12-21(28)20(27)11-19(17)22/h3-6,8-9,11-13,15,31H,1-2,7,10,14H2. The van der Waals surface area contributed by atoms with Crippen LogP contribution in [0, 0.1) is 23.4 Å². The third-order valence-electron chi connectivity index (χ3n) is 5.94. The molecule has 0 unspecified atom stereocenters. The minimum absolute atomic E-state index is 0.205. The van der Waals surface area contributed by atoms with Crippen LogP contribution >= 0.6 is 0 Å². The van der Waals surface area contributed by atoms with E-state index in [1.165, 1.54) is 30.6 Å².